The molecule has 6 aromatic carbocycles. The van der Waals surface area contributed by atoms with Crippen molar-refractivity contribution in [1.29, 1.82) is 0 Å². The predicted octanol–water partition coefficient (Wildman–Crippen LogP) is 10.9. The van der Waals surface area contributed by atoms with Crippen LogP contribution in [0, 0.1) is 0 Å². The van der Waals surface area contributed by atoms with Gasteiger partial charge in [-0.05, 0) is 96.1 Å². The summed E-state index contributed by atoms with van der Waals surface area (Å²) in [5.74, 6) is 1.19. The molecule has 0 saturated heterocycles. The molecule has 0 spiro atoms. The van der Waals surface area contributed by atoms with Gasteiger partial charge < -0.3 is 9.80 Å². The summed E-state index contributed by atoms with van der Waals surface area (Å²) in [6, 6.07) is 47.3. The highest BCUT2D eigenvalue weighted by Crippen LogP contribution is 2.54. The Balaban J connectivity index is 1.23. The molecule has 8 aromatic rings. The molecule has 0 fully saturated rings. The third kappa shape index (κ3) is 5.36. The molecule has 2 aliphatic rings. The maximum absolute atomic E-state index is 4.58. The number of hydrogen-bond donors (Lipinski definition) is 0. The van der Waals surface area contributed by atoms with Gasteiger partial charge in [0.1, 0.15) is 25.3 Å². The Morgan fingerprint density at radius 3 is 1.00 bits per heavy atom. The van der Waals surface area contributed by atoms with E-state index in [1.54, 1.807) is 48.8 Å². The Morgan fingerprint density at radius 2 is 0.654 bits per heavy atom. The molecule has 0 bridgehead atoms. The topological polar surface area (TPSA) is 83.8 Å². The largest absolute Gasteiger partial charge is 0.308 e. The average molecular weight is 707 g/mol. The van der Waals surface area contributed by atoms with Crippen molar-refractivity contribution in [3.8, 4) is 33.9 Å². The number of nitrogens with zero attached hydrogens (tertiary/aromatic N) is 8. The van der Waals surface area contributed by atoms with E-state index in [-0.39, 0.29) is 0 Å². The SMILES string of the molecule is c1ccc2c(c1)Sc1ccccc1N2c1cc(-c2cc(-c3ncncn3)cc(N3c4ccccc4Sc4ccccc43)c2)cc(-c2ncncn2)c1. The molecule has 2 aliphatic heterocycles. The molecule has 246 valence electrons. The molecule has 0 N–H and O–H groups in total. The van der Waals surface area contributed by atoms with Gasteiger partial charge in [0.15, 0.2) is 11.6 Å². The van der Waals surface area contributed by atoms with Gasteiger partial charge in [-0.1, -0.05) is 72.1 Å². The quantitative estimate of drug-likeness (QED) is 0.172. The second-order valence-corrected chi connectivity index (χ2v) is 14.4. The zero-order valence-electron chi connectivity index (χ0n) is 27.4. The van der Waals surface area contributed by atoms with Crippen molar-refractivity contribution in [2.24, 2.45) is 0 Å². The number of para-hydroxylation sites is 4. The maximum atomic E-state index is 4.58. The van der Waals surface area contributed by atoms with Crippen LogP contribution in [0.5, 0.6) is 0 Å². The average Bonchev–Trinajstić information content (AvgIpc) is 3.22. The zero-order valence-corrected chi connectivity index (χ0v) is 29.0. The number of hydrogen-bond acceptors (Lipinski definition) is 10. The van der Waals surface area contributed by atoms with Gasteiger partial charge in [-0.25, -0.2) is 29.9 Å². The molecule has 2 aromatic heterocycles. The Hall–Kier alpha value is -6.36. The van der Waals surface area contributed by atoms with Crippen molar-refractivity contribution in [1.82, 2.24) is 29.9 Å². The van der Waals surface area contributed by atoms with E-state index in [1.807, 2.05) is 0 Å². The van der Waals surface area contributed by atoms with Crippen molar-refractivity contribution in [3.63, 3.8) is 0 Å². The van der Waals surface area contributed by atoms with Crippen molar-refractivity contribution >= 4 is 57.6 Å². The summed E-state index contributed by atoms with van der Waals surface area (Å²) < 4.78 is 0. The summed E-state index contributed by atoms with van der Waals surface area (Å²) in [5.41, 5.74) is 10.2. The fourth-order valence-corrected chi connectivity index (χ4v) is 8.93. The lowest BCUT2D eigenvalue weighted by molar-refractivity contribution is 1.05. The minimum Gasteiger partial charge on any atom is -0.308 e. The third-order valence-electron chi connectivity index (χ3n) is 9.05. The first-order valence-electron chi connectivity index (χ1n) is 16.6. The maximum Gasteiger partial charge on any atom is 0.162 e. The van der Waals surface area contributed by atoms with E-state index in [2.05, 4.69) is 173 Å². The smallest absolute Gasteiger partial charge is 0.162 e. The van der Waals surface area contributed by atoms with Crippen LogP contribution < -0.4 is 9.80 Å². The van der Waals surface area contributed by atoms with E-state index in [9.17, 15) is 0 Å². The zero-order chi connectivity index (χ0) is 34.4. The van der Waals surface area contributed by atoms with E-state index in [0.29, 0.717) is 11.6 Å². The van der Waals surface area contributed by atoms with E-state index in [4.69, 9.17) is 0 Å². The molecule has 52 heavy (non-hydrogen) atoms. The van der Waals surface area contributed by atoms with Crippen LogP contribution in [0.2, 0.25) is 0 Å². The third-order valence-corrected chi connectivity index (χ3v) is 11.3. The van der Waals surface area contributed by atoms with E-state index in [1.165, 1.54) is 19.6 Å². The molecule has 0 radical (unpaired) electrons. The normalized spacial score (nSPS) is 12.8. The summed E-state index contributed by atoms with van der Waals surface area (Å²) in [7, 11) is 0. The number of anilines is 6. The van der Waals surface area contributed by atoms with E-state index in [0.717, 1.165) is 56.4 Å². The number of aromatic nitrogens is 6. The molecule has 10 rings (SSSR count). The Morgan fingerprint density at radius 1 is 0.346 bits per heavy atom. The van der Waals surface area contributed by atoms with E-state index >= 15 is 0 Å². The molecule has 0 atom stereocenters. The lowest BCUT2D eigenvalue weighted by Gasteiger charge is -2.34. The molecular formula is C42H26N8S2. The van der Waals surface area contributed by atoms with Crippen LogP contribution in [0.4, 0.5) is 34.1 Å². The lowest BCUT2D eigenvalue weighted by atomic mass is 9.97. The summed E-state index contributed by atoms with van der Waals surface area (Å²) >= 11 is 3.57. The second-order valence-electron chi connectivity index (χ2n) is 12.2. The molecule has 0 aliphatic carbocycles. The van der Waals surface area contributed by atoms with Gasteiger partial charge in [0.2, 0.25) is 0 Å². The summed E-state index contributed by atoms with van der Waals surface area (Å²) in [6.07, 6.45) is 6.16. The van der Waals surface area contributed by atoms with Gasteiger partial charge in [0.25, 0.3) is 0 Å². The first-order valence-corrected chi connectivity index (χ1v) is 18.3. The van der Waals surface area contributed by atoms with Crippen LogP contribution in [0.3, 0.4) is 0 Å². The predicted molar refractivity (Wildman–Crippen MR) is 207 cm³/mol. The Bertz CT molecular complexity index is 2350. The second kappa shape index (κ2) is 12.8. The molecule has 8 nitrogen and oxygen atoms in total. The van der Waals surface area contributed by atoms with Crippen molar-refractivity contribution in [2.45, 2.75) is 19.6 Å². The molecular weight excluding hydrogens is 681 g/mol. The standard InChI is InChI=1S/C42H26N8S2/c1-5-13-37-33(9-1)49(34-10-2-6-14-38(34)51-37)31-19-27(17-29(21-31)41-45-23-43-24-46-41)28-18-30(42-47-25-44-26-48-42)22-32(20-28)50-35-11-3-7-15-39(35)52-40-16-8-4-12-36(40)50/h1-26H. The van der Waals surface area contributed by atoms with Crippen LogP contribution in [-0.4, -0.2) is 29.9 Å². The van der Waals surface area contributed by atoms with Gasteiger partial charge >= 0.3 is 0 Å². The van der Waals surface area contributed by atoms with Gasteiger partial charge in [-0.2, -0.15) is 0 Å². The molecule has 0 amide bonds. The Labute approximate surface area is 308 Å². The minimum atomic E-state index is 0.593. The number of rotatable bonds is 5. The van der Waals surface area contributed by atoms with Crippen LogP contribution >= 0.6 is 23.5 Å². The first-order chi connectivity index (χ1) is 25.8. The molecule has 0 saturated carbocycles. The highest BCUT2D eigenvalue weighted by atomic mass is 32.2. The van der Waals surface area contributed by atoms with Crippen LogP contribution in [-0.2, 0) is 0 Å². The van der Waals surface area contributed by atoms with E-state index < -0.39 is 0 Å². The number of fused-ring (bicyclic) bond motifs is 4. The van der Waals surface area contributed by atoms with Gasteiger partial charge in [-0.3, -0.25) is 0 Å². The monoisotopic (exact) mass is 706 g/mol. The highest BCUT2D eigenvalue weighted by molar-refractivity contribution is 8.00. The first kappa shape index (κ1) is 30.5. The Kier molecular flexibility index (Phi) is 7.47. The highest BCUT2D eigenvalue weighted by Gasteiger charge is 2.27. The minimum absolute atomic E-state index is 0.593. The van der Waals surface area contributed by atoms with Crippen LogP contribution in [0.15, 0.2) is 178 Å². The van der Waals surface area contributed by atoms with Crippen LogP contribution in [0.1, 0.15) is 0 Å². The van der Waals surface area contributed by atoms with Crippen LogP contribution in [0.25, 0.3) is 33.9 Å². The van der Waals surface area contributed by atoms with Crippen molar-refractivity contribution in [3.05, 3.63) is 159 Å². The van der Waals surface area contributed by atoms with Crippen molar-refractivity contribution < 1.29 is 0 Å². The lowest BCUT2D eigenvalue weighted by Crippen LogP contribution is -2.15. The summed E-state index contributed by atoms with van der Waals surface area (Å²) in [4.78, 5) is 36.0. The fraction of sp³-hybridized carbons (Fsp3) is 0. The molecule has 10 heteroatoms. The van der Waals surface area contributed by atoms with Gasteiger partial charge in [-0.15, -0.1) is 0 Å². The molecule has 0 unspecified atom stereocenters. The van der Waals surface area contributed by atoms with Gasteiger partial charge in [0, 0.05) is 42.1 Å². The summed E-state index contributed by atoms with van der Waals surface area (Å²) in [6.45, 7) is 0. The number of benzene rings is 6. The van der Waals surface area contributed by atoms with Gasteiger partial charge in [0.05, 0.1) is 22.7 Å². The fourth-order valence-electron chi connectivity index (χ4n) is 6.81. The summed E-state index contributed by atoms with van der Waals surface area (Å²) in [5, 5.41) is 0. The molecule has 4 heterocycles. The van der Waals surface area contributed by atoms with Crippen molar-refractivity contribution in [2.75, 3.05) is 9.80 Å².